The molecule has 2 aromatic carbocycles. The van der Waals surface area contributed by atoms with Crippen LogP contribution in [-0.2, 0) is 6.54 Å². The molecule has 0 fully saturated rings. The zero-order valence-electron chi connectivity index (χ0n) is 13.5. The fraction of sp³-hybridized carbons (Fsp3) is 0.368. The van der Waals surface area contributed by atoms with Gasteiger partial charge in [0.05, 0.1) is 12.2 Å². The number of nitrogens with zero attached hydrogens (tertiary/aromatic N) is 1. The molecule has 1 aliphatic heterocycles. The molecule has 0 aromatic heterocycles. The molecule has 0 saturated carbocycles. The van der Waals surface area contributed by atoms with Gasteiger partial charge in [0.25, 0.3) is 0 Å². The molecule has 0 saturated heterocycles. The minimum Gasteiger partial charge on any atom is -0.486 e. The second-order valence-electron chi connectivity index (χ2n) is 6.40. The lowest BCUT2D eigenvalue weighted by atomic mass is 10.0. The van der Waals surface area contributed by atoms with Crippen LogP contribution in [0.4, 0.5) is 11.4 Å². The molecule has 1 aliphatic rings. The summed E-state index contributed by atoms with van der Waals surface area (Å²) in [4.78, 5) is 2.36. The topological polar surface area (TPSA) is 38.5 Å². The van der Waals surface area contributed by atoms with Crippen molar-refractivity contribution < 1.29 is 4.74 Å². The molecular formula is C19H24N2O. The summed E-state index contributed by atoms with van der Waals surface area (Å²) < 4.78 is 6.15. The van der Waals surface area contributed by atoms with Gasteiger partial charge in [-0.3, -0.25) is 0 Å². The number of para-hydroxylation sites is 1. The maximum absolute atomic E-state index is 6.22. The Morgan fingerprint density at radius 2 is 1.95 bits per heavy atom. The maximum atomic E-state index is 6.22. The van der Waals surface area contributed by atoms with Crippen molar-refractivity contribution in [2.75, 3.05) is 17.2 Å². The predicted octanol–water partition coefficient (Wildman–Crippen LogP) is 4.00. The summed E-state index contributed by atoms with van der Waals surface area (Å²) in [6.45, 7) is 8.29. The largest absolute Gasteiger partial charge is 0.486 e. The number of rotatable bonds is 3. The first kappa shape index (κ1) is 14.8. The lowest BCUT2D eigenvalue weighted by Gasteiger charge is -2.39. The van der Waals surface area contributed by atoms with Crippen LogP contribution in [0.1, 0.15) is 25.0 Å². The summed E-state index contributed by atoms with van der Waals surface area (Å²) in [5.74, 6) is 1.37. The van der Waals surface area contributed by atoms with E-state index in [9.17, 15) is 0 Å². The number of hydrogen-bond donors (Lipinski definition) is 1. The molecule has 0 spiro atoms. The quantitative estimate of drug-likeness (QED) is 0.870. The Balaban J connectivity index is 1.97. The van der Waals surface area contributed by atoms with Gasteiger partial charge in [-0.15, -0.1) is 0 Å². The summed E-state index contributed by atoms with van der Waals surface area (Å²) in [5.41, 5.74) is 10.7. The third-order valence-electron chi connectivity index (χ3n) is 4.39. The third kappa shape index (κ3) is 2.76. The minimum absolute atomic E-state index is 0.193. The van der Waals surface area contributed by atoms with Gasteiger partial charge in [0.1, 0.15) is 17.5 Å². The van der Waals surface area contributed by atoms with Crippen molar-refractivity contribution in [1.82, 2.24) is 0 Å². The van der Waals surface area contributed by atoms with Gasteiger partial charge in [-0.05, 0) is 36.1 Å². The minimum atomic E-state index is 0.193. The molecule has 0 bridgehead atoms. The summed E-state index contributed by atoms with van der Waals surface area (Å²) in [7, 11) is 0. The zero-order valence-corrected chi connectivity index (χ0v) is 13.5. The van der Waals surface area contributed by atoms with Crippen molar-refractivity contribution in [2.24, 2.45) is 5.92 Å². The first-order valence-electron chi connectivity index (χ1n) is 7.91. The second-order valence-corrected chi connectivity index (χ2v) is 6.40. The van der Waals surface area contributed by atoms with E-state index < -0.39 is 0 Å². The van der Waals surface area contributed by atoms with E-state index in [0.717, 1.165) is 30.2 Å². The van der Waals surface area contributed by atoms with Crippen LogP contribution in [0.25, 0.3) is 0 Å². The average molecular weight is 296 g/mol. The number of fused-ring (bicyclic) bond motifs is 1. The van der Waals surface area contributed by atoms with E-state index in [1.807, 2.05) is 18.2 Å². The number of nitrogens with two attached hydrogens (primary N) is 1. The van der Waals surface area contributed by atoms with E-state index >= 15 is 0 Å². The van der Waals surface area contributed by atoms with Crippen molar-refractivity contribution in [3.8, 4) is 5.75 Å². The van der Waals surface area contributed by atoms with E-state index in [1.165, 1.54) is 11.1 Å². The SMILES string of the molecule is Cc1ccccc1CN1CC(C(C)C)Oc2cccc(N)c21. The van der Waals surface area contributed by atoms with Crippen LogP contribution < -0.4 is 15.4 Å². The zero-order chi connectivity index (χ0) is 15.7. The smallest absolute Gasteiger partial charge is 0.145 e. The Bertz CT molecular complexity index is 666. The van der Waals surface area contributed by atoms with E-state index in [2.05, 4.69) is 49.9 Å². The summed E-state index contributed by atoms with van der Waals surface area (Å²) in [6.07, 6.45) is 0.193. The molecule has 1 unspecified atom stereocenters. The number of nitrogen functional groups attached to an aromatic ring is 1. The Hall–Kier alpha value is -2.16. The molecule has 22 heavy (non-hydrogen) atoms. The Labute approximate surface area is 132 Å². The van der Waals surface area contributed by atoms with Gasteiger partial charge in [-0.2, -0.15) is 0 Å². The third-order valence-corrected chi connectivity index (χ3v) is 4.39. The van der Waals surface area contributed by atoms with E-state index in [0.29, 0.717) is 5.92 Å². The van der Waals surface area contributed by atoms with Gasteiger partial charge in [0.2, 0.25) is 0 Å². The van der Waals surface area contributed by atoms with Crippen molar-refractivity contribution in [2.45, 2.75) is 33.4 Å². The molecule has 3 nitrogen and oxygen atoms in total. The van der Waals surface area contributed by atoms with Gasteiger partial charge < -0.3 is 15.4 Å². The number of hydrogen-bond acceptors (Lipinski definition) is 3. The van der Waals surface area contributed by atoms with Gasteiger partial charge in [0.15, 0.2) is 0 Å². The monoisotopic (exact) mass is 296 g/mol. The molecule has 0 radical (unpaired) electrons. The van der Waals surface area contributed by atoms with Crippen molar-refractivity contribution in [3.63, 3.8) is 0 Å². The standard InChI is InChI=1S/C19H24N2O/c1-13(2)18-12-21(11-15-8-5-4-7-14(15)3)19-16(20)9-6-10-17(19)22-18/h4-10,13,18H,11-12,20H2,1-3H3. The van der Waals surface area contributed by atoms with E-state index in [1.54, 1.807) is 0 Å². The molecule has 0 aliphatic carbocycles. The van der Waals surface area contributed by atoms with Gasteiger partial charge in [-0.25, -0.2) is 0 Å². The number of aryl methyl sites for hydroxylation is 1. The fourth-order valence-corrected chi connectivity index (χ4v) is 2.97. The lowest BCUT2D eigenvalue weighted by molar-refractivity contribution is 0.145. The van der Waals surface area contributed by atoms with Crippen molar-refractivity contribution in [3.05, 3.63) is 53.6 Å². The molecule has 1 atom stereocenters. The van der Waals surface area contributed by atoms with Crippen LogP contribution in [0.2, 0.25) is 0 Å². The molecule has 1 heterocycles. The van der Waals surface area contributed by atoms with E-state index in [-0.39, 0.29) is 6.10 Å². The second kappa shape index (κ2) is 5.91. The number of anilines is 2. The summed E-state index contributed by atoms with van der Waals surface area (Å²) in [5, 5.41) is 0. The first-order valence-corrected chi connectivity index (χ1v) is 7.91. The highest BCUT2D eigenvalue weighted by molar-refractivity contribution is 5.75. The van der Waals surface area contributed by atoms with Crippen molar-refractivity contribution in [1.29, 1.82) is 0 Å². The summed E-state index contributed by atoms with van der Waals surface area (Å²) in [6, 6.07) is 14.4. The van der Waals surface area contributed by atoms with Gasteiger partial charge in [-0.1, -0.05) is 44.2 Å². The normalized spacial score (nSPS) is 17.3. The Morgan fingerprint density at radius 3 is 2.68 bits per heavy atom. The Morgan fingerprint density at radius 1 is 1.18 bits per heavy atom. The molecule has 0 amide bonds. The molecule has 2 N–H and O–H groups in total. The molecule has 3 rings (SSSR count). The van der Waals surface area contributed by atoms with Crippen LogP contribution in [0.3, 0.4) is 0 Å². The highest BCUT2D eigenvalue weighted by Crippen LogP contribution is 2.40. The average Bonchev–Trinajstić information content (AvgIpc) is 2.49. The number of benzene rings is 2. The van der Waals surface area contributed by atoms with Crippen LogP contribution in [-0.4, -0.2) is 12.6 Å². The Kier molecular flexibility index (Phi) is 3.97. The highest BCUT2D eigenvalue weighted by atomic mass is 16.5. The molecular weight excluding hydrogens is 272 g/mol. The predicted molar refractivity (Wildman–Crippen MR) is 92.3 cm³/mol. The lowest BCUT2D eigenvalue weighted by Crippen LogP contribution is -2.42. The number of ether oxygens (including phenoxy) is 1. The van der Waals surface area contributed by atoms with Gasteiger partial charge >= 0.3 is 0 Å². The van der Waals surface area contributed by atoms with E-state index in [4.69, 9.17) is 10.5 Å². The molecule has 116 valence electrons. The highest BCUT2D eigenvalue weighted by Gasteiger charge is 2.29. The summed E-state index contributed by atoms with van der Waals surface area (Å²) >= 11 is 0. The van der Waals surface area contributed by atoms with Crippen molar-refractivity contribution >= 4 is 11.4 Å². The van der Waals surface area contributed by atoms with Crippen LogP contribution in [0, 0.1) is 12.8 Å². The van der Waals surface area contributed by atoms with Crippen LogP contribution >= 0.6 is 0 Å². The fourth-order valence-electron chi connectivity index (χ4n) is 2.97. The van der Waals surface area contributed by atoms with Crippen LogP contribution in [0.5, 0.6) is 5.75 Å². The maximum Gasteiger partial charge on any atom is 0.145 e. The molecule has 2 aromatic rings. The molecule has 3 heteroatoms. The van der Waals surface area contributed by atoms with Crippen LogP contribution in [0.15, 0.2) is 42.5 Å². The van der Waals surface area contributed by atoms with Gasteiger partial charge in [0, 0.05) is 6.54 Å². The first-order chi connectivity index (χ1) is 10.6.